The van der Waals surface area contributed by atoms with Gasteiger partial charge in [0.05, 0.1) is 7.11 Å². The summed E-state index contributed by atoms with van der Waals surface area (Å²) >= 11 is 0. The zero-order chi connectivity index (χ0) is 10.7. The third-order valence-corrected chi connectivity index (χ3v) is 2.47. The first-order valence-electron chi connectivity index (χ1n) is 4.85. The van der Waals surface area contributed by atoms with E-state index >= 15 is 0 Å². The van der Waals surface area contributed by atoms with Crippen molar-refractivity contribution >= 4 is 17.1 Å². The minimum Gasteiger partial charge on any atom is -0.496 e. The van der Waals surface area contributed by atoms with Crippen LogP contribution in [0.25, 0.3) is 10.8 Å². The average molecular weight is 200 g/mol. The predicted molar refractivity (Wildman–Crippen MR) is 60.3 cm³/mol. The molecule has 0 heterocycles. The molecule has 0 saturated heterocycles. The lowest BCUT2D eigenvalue weighted by atomic mass is 10.0. The minimum atomic E-state index is 0.397. The van der Waals surface area contributed by atoms with Crippen molar-refractivity contribution in [2.45, 2.75) is 6.42 Å². The maximum absolute atomic E-state index is 10.5. The van der Waals surface area contributed by atoms with Crippen LogP contribution in [-0.4, -0.2) is 13.4 Å². The van der Waals surface area contributed by atoms with Crippen LogP contribution in [0, 0.1) is 0 Å². The molecule has 2 aromatic rings. The zero-order valence-electron chi connectivity index (χ0n) is 8.57. The number of benzene rings is 2. The Morgan fingerprint density at radius 3 is 2.73 bits per heavy atom. The molecule has 2 aromatic carbocycles. The second-order valence-electron chi connectivity index (χ2n) is 3.35. The summed E-state index contributed by atoms with van der Waals surface area (Å²) in [6.07, 6.45) is 1.29. The van der Waals surface area contributed by atoms with Crippen LogP contribution >= 0.6 is 0 Å². The van der Waals surface area contributed by atoms with Gasteiger partial charge in [-0.2, -0.15) is 0 Å². The van der Waals surface area contributed by atoms with Crippen LogP contribution in [0.5, 0.6) is 5.75 Å². The van der Waals surface area contributed by atoms with Crippen molar-refractivity contribution in [1.29, 1.82) is 0 Å². The van der Waals surface area contributed by atoms with E-state index in [1.807, 2.05) is 36.4 Å². The summed E-state index contributed by atoms with van der Waals surface area (Å²) in [4.78, 5) is 10.5. The number of hydrogen-bond acceptors (Lipinski definition) is 2. The molecule has 0 atom stereocenters. The van der Waals surface area contributed by atoms with E-state index in [9.17, 15) is 4.79 Å². The third kappa shape index (κ3) is 1.71. The summed E-state index contributed by atoms with van der Waals surface area (Å²) < 4.78 is 5.35. The Balaban J connectivity index is 2.69. The second-order valence-corrected chi connectivity index (χ2v) is 3.35. The van der Waals surface area contributed by atoms with E-state index in [0.29, 0.717) is 6.42 Å². The van der Waals surface area contributed by atoms with Crippen molar-refractivity contribution in [1.82, 2.24) is 0 Å². The summed E-state index contributed by atoms with van der Waals surface area (Å²) in [5.41, 5.74) is 0.936. The van der Waals surface area contributed by atoms with Gasteiger partial charge in [-0.25, -0.2) is 0 Å². The topological polar surface area (TPSA) is 26.3 Å². The SMILES string of the molecule is COc1c(CC=O)ccc2ccccc12. The molecule has 0 fully saturated rings. The van der Waals surface area contributed by atoms with Gasteiger partial charge in [-0.05, 0) is 5.39 Å². The Labute approximate surface area is 88.5 Å². The average Bonchev–Trinajstić information content (AvgIpc) is 2.29. The normalized spacial score (nSPS) is 10.2. The first-order chi connectivity index (χ1) is 7.36. The highest BCUT2D eigenvalue weighted by Crippen LogP contribution is 2.29. The first-order valence-corrected chi connectivity index (χ1v) is 4.85. The van der Waals surface area contributed by atoms with E-state index in [0.717, 1.165) is 28.4 Å². The summed E-state index contributed by atoms with van der Waals surface area (Å²) in [6.45, 7) is 0. The van der Waals surface area contributed by atoms with Crippen LogP contribution in [0.1, 0.15) is 5.56 Å². The molecule has 0 N–H and O–H groups in total. The van der Waals surface area contributed by atoms with Crippen molar-refractivity contribution in [2.75, 3.05) is 7.11 Å². The number of ether oxygens (including phenoxy) is 1. The molecule has 0 aliphatic heterocycles. The summed E-state index contributed by atoms with van der Waals surface area (Å²) in [7, 11) is 1.63. The van der Waals surface area contributed by atoms with Gasteiger partial charge in [0, 0.05) is 17.4 Å². The van der Waals surface area contributed by atoms with Gasteiger partial charge < -0.3 is 9.53 Å². The van der Waals surface area contributed by atoms with Crippen LogP contribution in [0.4, 0.5) is 0 Å². The summed E-state index contributed by atoms with van der Waals surface area (Å²) in [6, 6.07) is 11.9. The number of hydrogen-bond donors (Lipinski definition) is 0. The fraction of sp³-hybridized carbons (Fsp3) is 0.154. The fourth-order valence-corrected chi connectivity index (χ4v) is 1.78. The lowest BCUT2D eigenvalue weighted by molar-refractivity contribution is -0.107. The van der Waals surface area contributed by atoms with E-state index < -0.39 is 0 Å². The monoisotopic (exact) mass is 200 g/mol. The molecule has 0 bridgehead atoms. The Morgan fingerprint density at radius 1 is 1.20 bits per heavy atom. The molecule has 2 rings (SSSR count). The van der Waals surface area contributed by atoms with E-state index in [4.69, 9.17) is 4.74 Å². The molecule has 0 unspecified atom stereocenters. The summed E-state index contributed by atoms with van der Waals surface area (Å²) in [5.74, 6) is 0.806. The molecule has 15 heavy (non-hydrogen) atoms. The van der Waals surface area contributed by atoms with Gasteiger partial charge in [0.25, 0.3) is 0 Å². The van der Waals surface area contributed by atoms with Gasteiger partial charge in [-0.15, -0.1) is 0 Å². The van der Waals surface area contributed by atoms with Crippen LogP contribution in [-0.2, 0) is 11.2 Å². The van der Waals surface area contributed by atoms with Gasteiger partial charge in [0.15, 0.2) is 0 Å². The van der Waals surface area contributed by atoms with Crippen molar-refractivity contribution in [3.05, 3.63) is 42.0 Å². The number of rotatable bonds is 3. The van der Waals surface area contributed by atoms with Crippen molar-refractivity contribution in [3.8, 4) is 5.75 Å². The predicted octanol–water partition coefficient (Wildman–Crippen LogP) is 2.59. The molecule has 0 aliphatic rings. The van der Waals surface area contributed by atoms with Gasteiger partial charge in [0.2, 0.25) is 0 Å². The molecule has 2 heteroatoms. The number of carbonyl (C=O) groups excluding carboxylic acids is 1. The number of carbonyl (C=O) groups is 1. The van der Waals surface area contributed by atoms with Crippen LogP contribution in [0.15, 0.2) is 36.4 Å². The smallest absolute Gasteiger partial charge is 0.130 e. The number of aldehydes is 1. The maximum Gasteiger partial charge on any atom is 0.130 e. The Morgan fingerprint density at radius 2 is 2.00 bits per heavy atom. The lowest BCUT2D eigenvalue weighted by Crippen LogP contribution is -1.94. The van der Waals surface area contributed by atoms with Crippen LogP contribution in [0.2, 0.25) is 0 Å². The first kappa shape index (κ1) is 9.71. The highest BCUT2D eigenvalue weighted by atomic mass is 16.5. The Bertz CT molecular complexity index is 489. The Hall–Kier alpha value is -1.83. The zero-order valence-corrected chi connectivity index (χ0v) is 8.57. The highest BCUT2D eigenvalue weighted by Gasteiger charge is 2.06. The van der Waals surface area contributed by atoms with Crippen molar-refractivity contribution in [2.24, 2.45) is 0 Å². The van der Waals surface area contributed by atoms with Crippen LogP contribution < -0.4 is 4.74 Å². The maximum atomic E-state index is 10.5. The van der Waals surface area contributed by atoms with E-state index in [1.165, 1.54) is 0 Å². The molecular weight excluding hydrogens is 188 g/mol. The molecule has 2 nitrogen and oxygen atoms in total. The third-order valence-electron chi connectivity index (χ3n) is 2.47. The van der Waals surface area contributed by atoms with E-state index in [-0.39, 0.29) is 0 Å². The molecule has 0 spiro atoms. The quantitative estimate of drug-likeness (QED) is 0.712. The molecule has 0 radical (unpaired) electrons. The van der Waals surface area contributed by atoms with E-state index in [1.54, 1.807) is 7.11 Å². The molecule has 76 valence electrons. The number of methoxy groups -OCH3 is 1. The van der Waals surface area contributed by atoms with E-state index in [2.05, 4.69) is 0 Å². The minimum absolute atomic E-state index is 0.397. The molecule has 0 saturated carbocycles. The summed E-state index contributed by atoms with van der Waals surface area (Å²) in [5, 5.41) is 2.18. The number of fused-ring (bicyclic) bond motifs is 1. The molecule has 0 aliphatic carbocycles. The van der Waals surface area contributed by atoms with Gasteiger partial charge >= 0.3 is 0 Å². The standard InChI is InChI=1S/C13H12O2/c1-15-13-11(8-9-14)7-6-10-4-2-3-5-12(10)13/h2-7,9H,8H2,1H3. The van der Waals surface area contributed by atoms with Gasteiger partial charge in [-0.1, -0.05) is 36.4 Å². The van der Waals surface area contributed by atoms with Gasteiger partial charge in [-0.3, -0.25) is 0 Å². The molecule has 0 aromatic heterocycles. The van der Waals surface area contributed by atoms with Crippen LogP contribution in [0.3, 0.4) is 0 Å². The largest absolute Gasteiger partial charge is 0.496 e. The Kier molecular flexibility index (Phi) is 2.68. The van der Waals surface area contributed by atoms with Gasteiger partial charge in [0.1, 0.15) is 12.0 Å². The van der Waals surface area contributed by atoms with Crippen molar-refractivity contribution < 1.29 is 9.53 Å². The molecular formula is C13H12O2. The second kappa shape index (κ2) is 4.13. The fourth-order valence-electron chi connectivity index (χ4n) is 1.78. The highest BCUT2D eigenvalue weighted by molar-refractivity contribution is 5.90. The lowest BCUT2D eigenvalue weighted by Gasteiger charge is -2.09. The molecule has 0 amide bonds. The van der Waals surface area contributed by atoms with Crippen molar-refractivity contribution in [3.63, 3.8) is 0 Å².